The zero-order valence-corrected chi connectivity index (χ0v) is 25.0. The first-order chi connectivity index (χ1) is 21.0. The van der Waals surface area contributed by atoms with Crippen LogP contribution in [-0.4, -0.2) is 79.9 Å². The number of carboxylic acid groups (broad SMARTS) is 1. The number of nitriles is 1. The fraction of sp³-hybridized carbons (Fsp3) is 0.290. The molecule has 0 bridgehead atoms. The highest BCUT2D eigenvalue weighted by Crippen LogP contribution is 2.28. The zero-order chi connectivity index (χ0) is 31.4. The number of aromatic carboxylic acids is 1. The molecular formula is C31H34N10O3. The Morgan fingerprint density at radius 2 is 1.80 bits per heavy atom. The van der Waals surface area contributed by atoms with Crippen molar-refractivity contribution in [2.75, 3.05) is 49.3 Å². The number of nitrogens with one attached hydrogen (secondary N) is 3. The van der Waals surface area contributed by atoms with Crippen molar-refractivity contribution < 1.29 is 14.7 Å². The van der Waals surface area contributed by atoms with Gasteiger partial charge in [-0.25, -0.2) is 19.8 Å². The molecule has 3 heterocycles. The minimum Gasteiger partial charge on any atom is -0.476 e. The lowest BCUT2D eigenvalue weighted by Gasteiger charge is -2.32. The predicted molar refractivity (Wildman–Crippen MR) is 166 cm³/mol. The minimum atomic E-state index is -1.18. The average molecular weight is 595 g/mol. The SMILES string of the molecule is Cc1ccc(NC(=O)c2cccc(C(C)(C)C#N)c2)cc1Nc1cc(C(=O)O)nn1-c1cc(NN2CCN(C)CC2)ncn1. The van der Waals surface area contributed by atoms with E-state index in [1.165, 1.54) is 17.1 Å². The van der Waals surface area contributed by atoms with E-state index in [-0.39, 0.29) is 11.6 Å². The second-order valence-corrected chi connectivity index (χ2v) is 11.2. The number of hydrogen-bond donors (Lipinski definition) is 4. The van der Waals surface area contributed by atoms with Crippen LogP contribution in [0.4, 0.5) is 23.0 Å². The Morgan fingerprint density at radius 3 is 2.52 bits per heavy atom. The zero-order valence-electron chi connectivity index (χ0n) is 25.0. The van der Waals surface area contributed by atoms with Crippen LogP contribution in [-0.2, 0) is 5.41 Å². The average Bonchev–Trinajstić information content (AvgIpc) is 3.44. The van der Waals surface area contributed by atoms with E-state index in [1.807, 2.05) is 19.1 Å². The number of carbonyl (C=O) groups is 2. The number of anilines is 4. The quantitative estimate of drug-likeness (QED) is 0.221. The first-order valence-electron chi connectivity index (χ1n) is 14.1. The lowest BCUT2D eigenvalue weighted by molar-refractivity contribution is 0.0689. The monoisotopic (exact) mass is 594 g/mol. The van der Waals surface area contributed by atoms with E-state index >= 15 is 0 Å². The van der Waals surface area contributed by atoms with E-state index in [0.717, 1.165) is 37.3 Å². The summed E-state index contributed by atoms with van der Waals surface area (Å²) in [6, 6.07) is 17.8. The van der Waals surface area contributed by atoms with Crippen LogP contribution in [0.3, 0.4) is 0 Å². The largest absolute Gasteiger partial charge is 0.476 e. The number of benzene rings is 2. The van der Waals surface area contributed by atoms with E-state index < -0.39 is 11.4 Å². The maximum absolute atomic E-state index is 13.1. The molecule has 0 aliphatic carbocycles. The highest BCUT2D eigenvalue weighted by Gasteiger charge is 2.22. The molecule has 1 aliphatic heterocycles. The fourth-order valence-corrected chi connectivity index (χ4v) is 4.64. The number of rotatable bonds is 9. The van der Waals surface area contributed by atoms with Gasteiger partial charge in [-0.15, -0.1) is 0 Å². The Hall–Kier alpha value is -5.32. The molecule has 13 nitrogen and oxygen atoms in total. The van der Waals surface area contributed by atoms with Gasteiger partial charge in [-0.2, -0.15) is 15.0 Å². The molecule has 1 saturated heterocycles. The summed E-state index contributed by atoms with van der Waals surface area (Å²) < 4.78 is 1.41. The van der Waals surface area contributed by atoms with Crippen LogP contribution in [0.1, 0.15) is 45.8 Å². The van der Waals surface area contributed by atoms with Crippen molar-refractivity contribution >= 4 is 34.9 Å². The van der Waals surface area contributed by atoms with Gasteiger partial charge in [0.15, 0.2) is 11.5 Å². The van der Waals surface area contributed by atoms with E-state index in [0.29, 0.717) is 34.4 Å². The molecule has 4 N–H and O–H groups in total. The summed E-state index contributed by atoms with van der Waals surface area (Å²) in [6.45, 7) is 8.98. The van der Waals surface area contributed by atoms with Gasteiger partial charge in [-0.1, -0.05) is 18.2 Å². The number of hydrazine groups is 1. The number of aryl methyl sites for hydroxylation is 1. The number of piperazine rings is 1. The van der Waals surface area contributed by atoms with Crippen LogP contribution in [0.2, 0.25) is 0 Å². The van der Waals surface area contributed by atoms with Gasteiger partial charge in [0.05, 0.1) is 11.5 Å². The Kier molecular flexibility index (Phi) is 8.57. The third-order valence-corrected chi connectivity index (χ3v) is 7.46. The lowest BCUT2D eigenvalue weighted by Crippen LogP contribution is -2.47. The predicted octanol–water partition coefficient (Wildman–Crippen LogP) is 4.04. The second-order valence-electron chi connectivity index (χ2n) is 11.2. The van der Waals surface area contributed by atoms with Gasteiger partial charge in [0.2, 0.25) is 0 Å². The van der Waals surface area contributed by atoms with Crippen LogP contribution < -0.4 is 16.1 Å². The summed E-state index contributed by atoms with van der Waals surface area (Å²) >= 11 is 0. The van der Waals surface area contributed by atoms with E-state index in [9.17, 15) is 20.0 Å². The van der Waals surface area contributed by atoms with Crippen molar-refractivity contribution in [2.24, 2.45) is 0 Å². The molecule has 0 unspecified atom stereocenters. The third kappa shape index (κ3) is 6.83. The number of hydrogen-bond acceptors (Lipinski definition) is 10. The van der Waals surface area contributed by atoms with Crippen LogP contribution in [0, 0.1) is 18.3 Å². The van der Waals surface area contributed by atoms with Gasteiger partial charge >= 0.3 is 5.97 Å². The molecule has 4 aromatic rings. The van der Waals surface area contributed by atoms with Crippen molar-refractivity contribution in [2.45, 2.75) is 26.2 Å². The third-order valence-electron chi connectivity index (χ3n) is 7.46. The van der Waals surface area contributed by atoms with Crippen molar-refractivity contribution in [1.82, 2.24) is 29.7 Å². The Morgan fingerprint density at radius 1 is 1.02 bits per heavy atom. The van der Waals surface area contributed by atoms with Gasteiger partial charge < -0.3 is 26.1 Å². The Labute approximate surface area is 255 Å². The van der Waals surface area contributed by atoms with E-state index in [2.05, 4.69) is 54.2 Å². The molecule has 5 rings (SSSR count). The van der Waals surface area contributed by atoms with Crippen molar-refractivity contribution in [3.63, 3.8) is 0 Å². The Bertz CT molecular complexity index is 1730. The van der Waals surface area contributed by atoms with Gasteiger partial charge in [-0.3, -0.25) is 4.79 Å². The number of likely N-dealkylation sites (N-methyl/N-ethyl adjacent to an activating group) is 1. The van der Waals surface area contributed by atoms with E-state index in [1.54, 1.807) is 50.2 Å². The molecule has 0 spiro atoms. The topological polar surface area (TPSA) is 164 Å². The maximum Gasteiger partial charge on any atom is 0.356 e. The number of aromatic nitrogens is 4. The minimum absolute atomic E-state index is 0.165. The molecule has 1 amide bonds. The number of nitrogens with zero attached hydrogens (tertiary/aromatic N) is 7. The van der Waals surface area contributed by atoms with Crippen LogP contribution >= 0.6 is 0 Å². The first kappa shape index (κ1) is 30.1. The van der Waals surface area contributed by atoms with Gasteiger partial charge in [-0.05, 0) is 63.2 Å². The fourth-order valence-electron chi connectivity index (χ4n) is 4.64. The molecule has 44 heavy (non-hydrogen) atoms. The summed E-state index contributed by atoms with van der Waals surface area (Å²) in [5.74, 6) is -0.217. The Balaban J connectivity index is 1.39. The van der Waals surface area contributed by atoms with E-state index in [4.69, 9.17) is 0 Å². The maximum atomic E-state index is 13.1. The van der Waals surface area contributed by atoms with Gasteiger partial charge in [0.25, 0.3) is 5.91 Å². The molecule has 13 heteroatoms. The van der Waals surface area contributed by atoms with Crippen molar-refractivity contribution in [1.29, 1.82) is 5.26 Å². The molecular weight excluding hydrogens is 560 g/mol. The highest BCUT2D eigenvalue weighted by atomic mass is 16.4. The molecule has 226 valence electrons. The van der Waals surface area contributed by atoms with Crippen LogP contribution in [0.5, 0.6) is 0 Å². The van der Waals surface area contributed by atoms with Crippen LogP contribution in [0.25, 0.3) is 5.82 Å². The standard InChI is InChI=1S/C31H34N10O3/c1-20-8-9-23(35-29(42)21-6-5-7-22(14-21)31(2,3)18-32)15-24(20)36-28-16-25(30(43)44)37-41(28)27-17-26(33-19-34-27)38-40-12-10-39(4)11-13-40/h5-9,14-17,19,36H,10-13H2,1-4H3,(H,35,42)(H,43,44)(H,33,34,38). The molecule has 2 aromatic carbocycles. The summed E-state index contributed by atoms with van der Waals surface area (Å²) in [5, 5.41) is 31.7. The number of carbonyl (C=O) groups excluding carboxylic acids is 1. The number of carboxylic acids is 1. The lowest BCUT2D eigenvalue weighted by atomic mass is 9.85. The van der Waals surface area contributed by atoms with Gasteiger partial charge in [0.1, 0.15) is 18.0 Å². The summed E-state index contributed by atoms with van der Waals surface area (Å²) in [4.78, 5) is 35.9. The molecule has 0 radical (unpaired) electrons. The van der Waals surface area contributed by atoms with Crippen molar-refractivity contribution in [3.8, 4) is 11.9 Å². The molecule has 2 aromatic heterocycles. The highest BCUT2D eigenvalue weighted by molar-refractivity contribution is 6.04. The molecule has 0 saturated carbocycles. The second kappa shape index (κ2) is 12.5. The number of amides is 1. The van der Waals surface area contributed by atoms with Gasteiger partial charge in [0, 0.05) is 55.2 Å². The summed E-state index contributed by atoms with van der Waals surface area (Å²) in [5.41, 5.74) is 5.57. The summed E-state index contributed by atoms with van der Waals surface area (Å²) in [7, 11) is 2.08. The van der Waals surface area contributed by atoms with Crippen LogP contribution in [0.15, 0.2) is 60.9 Å². The smallest absolute Gasteiger partial charge is 0.356 e. The summed E-state index contributed by atoms with van der Waals surface area (Å²) in [6.07, 6.45) is 1.40. The normalized spacial score (nSPS) is 14.1. The van der Waals surface area contributed by atoms with Crippen molar-refractivity contribution in [3.05, 3.63) is 83.3 Å². The molecule has 1 aliphatic rings. The molecule has 1 fully saturated rings. The first-order valence-corrected chi connectivity index (χ1v) is 14.1. The molecule has 0 atom stereocenters.